The summed E-state index contributed by atoms with van der Waals surface area (Å²) in [6, 6.07) is 14.6. The normalized spacial score (nSPS) is 15.8. The van der Waals surface area contributed by atoms with Gasteiger partial charge in [0.05, 0.1) is 18.8 Å². The third kappa shape index (κ3) is 5.70. The fourth-order valence-corrected chi connectivity index (χ4v) is 5.29. The maximum absolute atomic E-state index is 14.2. The first-order valence-electron chi connectivity index (χ1n) is 12.2. The van der Waals surface area contributed by atoms with Gasteiger partial charge < -0.3 is 19.5 Å². The van der Waals surface area contributed by atoms with E-state index < -0.39 is 17.6 Å². The number of halogens is 3. The van der Waals surface area contributed by atoms with E-state index in [1.165, 1.54) is 12.1 Å². The van der Waals surface area contributed by atoms with E-state index in [4.69, 9.17) is 9.47 Å². The molecule has 0 aromatic heterocycles. The zero-order chi connectivity index (χ0) is 25.9. The second-order valence-electron chi connectivity index (χ2n) is 9.15. The molecule has 0 unspecified atom stereocenters. The highest BCUT2D eigenvalue weighted by atomic mass is 79.9. The highest BCUT2D eigenvalue weighted by molar-refractivity contribution is 9.10. The number of allylic oxidation sites excluding steroid dienone is 2. The van der Waals surface area contributed by atoms with Gasteiger partial charge in [-0.05, 0) is 84.5 Å². The largest absolute Gasteiger partial charge is 0.488 e. The summed E-state index contributed by atoms with van der Waals surface area (Å²) < 4.78 is 39.9. The lowest BCUT2D eigenvalue weighted by atomic mass is 9.94. The van der Waals surface area contributed by atoms with Crippen LogP contribution in [0, 0.1) is 11.6 Å². The predicted molar refractivity (Wildman–Crippen MR) is 142 cm³/mol. The fraction of sp³-hybridized carbons (Fsp3) is 0.276. The van der Waals surface area contributed by atoms with E-state index in [1.54, 1.807) is 12.1 Å². The third-order valence-corrected chi connectivity index (χ3v) is 7.27. The minimum Gasteiger partial charge on any atom is -0.488 e. The highest BCUT2D eigenvalue weighted by Crippen LogP contribution is 2.44. The van der Waals surface area contributed by atoms with Gasteiger partial charge in [0.1, 0.15) is 24.0 Å². The molecule has 0 bridgehead atoms. The van der Waals surface area contributed by atoms with Gasteiger partial charge in [0, 0.05) is 40.4 Å². The number of aromatic carboxylic acids is 1. The summed E-state index contributed by atoms with van der Waals surface area (Å²) in [5, 5.41) is 9.82. The number of carboxylic acids is 1. The molecular formula is C29H26BrF2NO4. The molecule has 3 aromatic carbocycles. The minimum absolute atomic E-state index is 0.0426. The first kappa shape index (κ1) is 25.4. The molecule has 0 amide bonds. The Labute approximate surface area is 222 Å². The van der Waals surface area contributed by atoms with Crippen molar-refractivity contribution in [2.45, 2.75) is 25.9 Å². The number of anilines is 1. The maximum atomic E-state index is 14.2. The van der Waals surface area contributed by atoms with Crippen molar-refractivity contribution in [2.24, 2.45) is 0 Å². The predicted octanol–water partition coefficient (Wildman–Crippen LogP) is 6.94. The molecule has 1 N–H and O–H groups in total. The van der Waals surface area contributed by atoms with Crippen LogP contribution >= 0.6 is 15.9 Å². The van der Waals surface area contributed by atoms with Crippen LogP contribution in [0.15, 0.2) is 59.1 Å². The van der Waals surface area contributed by atoms with Crippen LogP contribution in [0.1, 0.15) is 46.3 Å². The summed E-state index contributed by atoms with van der Waals surface area (Å²) in [7, 11) is 0. The van der Waals surface area contributed by atoms with Gasteiger partial charge in [-0.3, -0.25) is 0 Å². The van der Waals surface area contributed by atoms with Crippen LogP contribution in [0.25, 0.3) is 11.1 Å². The van der Waals surface area contributed by atoms with Gasteiger partial charge >= 0.3 is 5.97 Å². The smallest absolute Gasteiger partial charge is 0.335 e. The number of carbonyl (C=O) groups is 1. The molecule has 1 fully saturated rings. The van der Waals surface area contributed by atoms with Crippen molar-refractivity contribution in [1.82, 2.24) is 0 Å². The molecule has 1 aliphatic carbocycles. The van der Waals surface area contributed by atoms with Crippen LogP contribution in [0.5, 0.6) is 5.75 Å². The van der Waals surface area contributed by atoms with E-state index in [0.29, 0.717) is 32.1 Å². The van der Waals surface area contributed by atoms with E-state index in [0.717, 1.165) is 57.8 Å². The van der Waals surface area contributed by atoms with Crippen molar-refractivity contribution in [3.05, 3.63) is 93.0 Å². The number of nitrogens with zero attached hydrogens (tertiary/aromatic N) is 1. The lowest BCUT2D eigenvalue weighted by molar-refractivity contribution is 0.0697. The van der Waals surface area contributed by atoms with Gasteiger partial charge in [0.15, 0.2) is 0 Å². The van der Waals surface area contributed by atoms with Crippen LogP contribution in [0.4, 0.5) is 14.5 Å². The molecule has 0 atom stereocenters. The van der Waals surface area contributed by atoms with Gasteiger partial charge in [-0.25, -0.2) is 13.6 Å². The van der Waals surface area contributed by atoms with E-state index in [9.17, 15) is 18.7 Å². The van der Waals surface area contributed by atoms with E-state index in [-0.39, 0.29) is 17.7 Å². The van der Waals surface area contributed by atoms with Crippen LogP contribution in [0.3, 0.4) is 0 Å². The van der Waals surface area contributed by atoms with Gasteiger partial charge in [0.2, 0.25) is 0 Å². The Morgan fingerprint density at radius 3 is 2.54 bits per heavy atom. The highest BCUT2D eigenvalue weighted by Gasteiger charge is 2.24. The number of carboxylic acid groups (broad SMARTS) is 1. The van der Waals surface area contributed by atoms with Crippen LogP contribution < -0.4 is 9.64 Å². The molecule has 5 nitrogen and oxygen atoms in total. The molecule has 37 heavy (non-hydrogen) atoms. The molecule has 0 saturated carbocycles. The zero-order valence-electron chi connectivity index (χ0n) is 20.1. The van der Waals surface area contributed by atoms with Crippen LogP contribution in [-0.4, -0.2) is 37.4 Å². The maximum Gasteiger partial charge on any atom is 0.335 e. The lowest BCUT2D eigenvalue weighted by Gasteiger charge is -2.29. The summed E-state index contributed by atoms with van der Waals surface area (Å²) in [6.07, 6.45) is 2.53. The number of ether oxygens (including phenoxy) is 2. The monoisotopic (exact) mass is 569 g/mol. The number of rotatable bonds is 7. The average Bonchev–Trinajstić information content (AvgIpc) is 3.39. The summed E-state index contributed by atoms with van der Waals surface area (Å²) in [5.41, 5.74) is 5.28. The first-order valence-corrected chi connectivity index (χ1v) is 13.0. The Kier molecular flexibility index (Phi) is 7.58. The van der Waals surface area contributed by atoms with Gasteiger partial charge in [-0.15, -0.1) is 0 Å². The van der Waals surface area contributed by atoms with E-state index >= 15 is 0 Å². The Morgan fingerprint density at radius 1 is 1.00 bits per heavy atom. The van der Waals surface area contributed by atoms with Gasteiger partial charge in [-0.2, -0.15) is 0 Å². The molecule has 1 saturated heterocycles. The number of hydrogen-bond donors (Lipinski definition) is 1. The Bertz CT molecular complexity index is 1370. The number of benzene rings is 3. The molecule has 8 heteroatoms. The molecule has 1 heterocycles. The van der Waals surface area contributed by atoms with Crippen molar-refractivity contribution >= 4 is 38.7 Å². The summed E-state index contributed by atoms with van der Waals surface area (Å²) >= 11 is 3.55. The van der Waals surface area contributed by atoms with Crippen molar-refractivity contribution < 1.29 is 28.2 Å². The molecule has 3 aromatic rings. The Hall–Kier alpha value is -3.23. The molecule has 1 aliphatic heterocycles. The summed E-state index contributed by atoms with van der Waals surface area (Å²) in [6.45, 7) is 2.58. The van der Waals surface area contributed by atoms with Crippen molar-refractivity contribution in [2.75, 3.05) is 31.2 Å². The molecule has 0 spiro atoms. The zero-order valence-corrected chi connectivity index (χ0v) is 21.7. The average molecular weight is 570 g/mol. The van der Waals surface area contributed by atoms with Crippen molar-refractivity contribution in [1.29, 1.82) is 0 Å². The summed E-state index contributed by atoms with van der Waals surface area (Å²) in [4.78, 5) is 14.1. The second kappa shape index (κ2) is 11.0. The van der Waals surface area contributed by atoms with Crippen LogP contribution in [-0.2, 0) is 11.3 Å². The second-order valence-corrected chi connectivity index (χ2v) is 10.1. The van der Waals surface area contributed by atoms with Gasteiger partial charge in [0.25, 0.3) is 0 Å². The lowest BCUT2D eigenvalue weighted by Crippen LogP contribution is -2.36. The van der Waals surface area contributed by atoms with Crippen molar-refractivity contribution in [3.63, 3.8) is 0 Å². The SMILES string of the molecule is O=C(O)c1cc(C2=C(c3cc(Br)ccc3OCc3ccc(F)cc3F)CCC2)cc(N2CCOCC2)c1. The Balaban J connectivity index is 1.53. The van der Waals surface area contributed by atoms with Crippen LogP contribution in [0.2, 0.25) is 0 Å². The van der Waals surface area contributed by atoms with E-state index in [2.05, 4.69) is 26.9 Å². The molecule has 0 radical (unpaired) electrons. The number of hydrogen-bond acceptors (Lipinski definition) is 4. The topological polar surface area (TPSA) is 59.0 Å². The fourth-order valence-electron chi connectivity index (χ4n) is 4.93. The standard InChI is InChI=1S/C29H26BrF2NO4/c30-21-5-7-28(37-17-18-4-6-22(31)16-27(18)32)26(15-21)25-3-1-2-24(25)19-12-20(29(34)35)14-23(13-19)33-8-10-36-11-9-33/h4-7,12-16H,1-3,8-11,17H2,(H,34,35). The molecular weight excluding hydrogens is 544 g/mol. The molecule has 192 valence electrons. The Morgan fingerprint density at radius 2 is 1.78 bits per heavy atom. The minimum atomic E-state index is -0.968. The third-order valence-electron chi connectivity index (χ3n) is 6.77. The first-order chi connectivity index (χ1) is 17.9. The van der Waals surface area contributed by atoms with Crippen molar-refractivity contribution in [3.8, 4) is 5.75 Å². The molecule has 5 rings (SSSR count). The van der Waals surface area contributed by atoms with Gasteiger partial charge in [-0.1, -0.05) is 15.9 Å². The summed E-state index contributed by atoms with van der Waals surface area (Å²) in [5.74, 6) is -1.67. The molecule has 2 aliphatic rings. The quantitative estimate of drug-likeness (QED) is 0.334. The van der Waals surface area contributed by atoms with E-state index in [1.807, 2.05) is 18.2 Å². The number of morpholine rings is 1.